The fourth-order valence-corrected chi connectivity index (χ4v) is 15.6. The molecular weight excluding hydrogens is 1020 g/mol. The molecule has 0 spiro atoms. The molecule has 4 aliphatic carbocycles. The minimum atomic E-state index is -1.91. The smallest absolute Gasteiger partial charge is 0.187 e. The van der Waals surface area contributed by atoms with Crippen LogP contribution in [0.4, 0.5) is 0 Å². The van der Waals surface area contributed by atoms with Crippen molar-refractivity contribution >= 4 is 0 Å². The van der Waals surface area contributed by atoms with Crippen LogP contribution >= 0.6 is 0 Å². The molecule has 8 aliphatic rings. The first-order chi connectivity index (χ1) is 36.0. The van der Waals surface area contributed by atoms with Gasteiger partial charge in [0.05, 0.1) is 62.5 Å². The van der Waals surface area contributed by atoms with Gasteiger partial charge < -0.3 is 114 Å². The lowest BCUT2D eigenvalue weighted by atomic mass is 9.38. The van der Waals surface area contributed by atoms with Crippen LogP contribution < -0.4 is 0 Å². The number of aliphatic hydroxyl groups is 15. The van der Waals surface area contributed by atoms with Crippen LogP contribution in [0.5, 0.6) is 0 Å². The van der Waals surface area contributed by atoms with Gasteiger partial charge in [0, 0.05) is 17.3 Å². The maximum atomic E-state index is 12.7. The Morgan fingerprint density at radius 3 is 1.81 bits per heavy atom. The highest BCUT2D eigenvalue weighted by atomic mass is 16.8. The summed E-state index contributed by atoms with van der Waals surface area (Å²) < 4.78 is 48.0. The van der Waals surface area contributed by atoms with Gasteiger partial charge in [0.2, 0.25) is 0 Å². The molecule has 0 aromatic heterocycles. The van der Waals surface area contributed by atoms with Crippen molar-refractivity contribution in [3.63, 3.8) is 0 Å². The third-order valence-corrected chi connectivity index (χ3v) is 20.6. The number of hydrogen-bond donors (Lipinski definition) is 15. The number of fused-ring (bicyclic) bond motifs is 5. The van der Waals surface area contributed by atoms with Gasteiger partial charge in [-0.05, 0) is 99.7 Å². The number of hydrogen-bond acceptors (Lipinski definition) is 23. The quantitative estimate of drug-likeness (QED) is 0.0687. The van der Waals surface area contributed by atoms with Gasteiger partial charge in [0.1, 0.15) is 79.4 Å². The molecular formula is C54H92O23. The Morgan fingerprint density at radius 1 is 0.636 bits per heavy atom. The molecule has 7 fully saturated rings. The third kappa shape index (κ3) is 11.1. The van der Waals surface area contributed by atoms with Gasteiger partial charge in [0.15, 0.2) is 25.2 Å². The summed E-state index contributed by atoms with van der Waals surface area (Å²) in [4.78, 5) is 0. The summed E-state index contributed by atoms with van der Waals surface area (Å²) in [5.74, 6) is 0.283. The van der Waals surface area contributed by atoms with E-state index in [-0.39, 0.29) is 47.3 Å². The van der Waals surface area contributed by atoms with E-state index in [2.05, 4.69) is 47.6 Å². The van der Waals surface area contributed by atoms with Crippen LogP contribution in [-0.2, 0) is 37.9 Å². The van der Waals surface area contributed by atoms with Crippen LogP contribution in [0, 0.1) is 45.3 Å². The highest BCUT2D eigenvalue weighted by Crippen LogP contribution is 2.75. The molecule has 4 heterocycles. The van der Waals surface area contributed by atoms with E-state index in [1.165, 1.54) is 5.57 Å². The lowest BCUT2D eigenvalue weighted by Gasteiger charge is -2.67. The third-order valence-electron chi connectivity index (χ3n) is 20.6. The summed E-state index contributed by atoms with van der Waals surface area (Å²) in [7, 11) is 0. The topological polar surface area (TPSA) is 377 Å². The molecule has 3 unspecified atom stereocenters. The predicted octanol–water partition coefficient (Wildman–Crippen LogP) is -2.20. The molecule has 0 bridgehead atoms. The molecule has 3 saturated carbocycles. The van der Waals surface area contributed by atoms with Gasteiger partial charge in [-0.3, -0.25) is 0 Å². The maximum Gasteiger partial charge on any atom is 0.187 e. The van der Waals surface area contributed by atoms with Crippen LogP contribution in [0.2, 0.25) is 0 Å². The van der Waals surface area contributed by atoms with Crippen molar-refractivity contribution in [2.45, 2.75) is 254 Å². The first kappa shape index (κ1) is 61.9. The molecule has 29 atom stereocenters. The van der Waals surface area contributed by atoms with Crippen molar-refractivity contribution in [2.24, 2.45) is 45.3 Å². The number of aliphatic hydroxyl groups excluding tert-OH is 14. The normalized spacial score (nSPS) is 51.0. The molecule has 15 N–H and O–H groups in total. The average molecular weight is 1110 g/mol. The molecule has 23 heteroatoms. The Hall–Kier alpha value is -1.18. The van der Waals surface area contributed by atoms with E-state index in [0.29, 0.717) is 25.7 Å². The summed E-state index contributed by atoms with van der Waals surface area (Å²) in [5, 5.41) is 162. The second-order valence-corrected chi connectivity index (χ2v) is 25.8. The van der Waals surface area contributed by atoms with E-state index in [1.54, 1.807) is 13.8 Å². The minimum Gasteiger partial charge on any atom is -0.394 e. The van der Waals surface area contributed by atoms with Crippen molar-refractivity contribution in [1.29, 1.82) is 0 Å². The Bertz CT molecular complexity index is 1990. The second-order valence-electron chi connectivity index (χ2n) is 25.8. The Kier molecular flexibility index (Phi) is 18.9. The molecule has 8 rings (SSSR count). The van der Waals surface area contributed by atoms with E-state index < -0.39 is 178 Å². The standard InChI is InChI=1S/C54H92O23/c1-23(25-15-16-52(6)32-12-10-26-27(54(32,8)33(59)18-53(25,52)7)11-14-34(50(26,2)3)75-47-43(67)40(64)37(61)29(20-56)72-47)9-13-35(51(4,5)69)76-49-45(77-48-44(68)41(65)38(62)30(21-57)73-48)42(66)39(63)31(74-49)22-70-46-36(60)28(58)17-24(19-55)71-46/h10,23-25,27-49,55-69H,9,11-22H2,1-8H3/t23-,24+,25?,27?,28+,29-,30+,31-,32?,33-,34+,35-,36-,37-,38+,39-,40+,41-,42+,43-,44+,45-,46+,47+,48-,49+,52+,53-,54+/m1/s1. The van der Waals surface area contributed by atoms with Crippen LogP contribution in [0.1, 0.15) is 113 Å². The highest BCUT2D eigenvalue weighted by Gasteiger charge is 2.70. The maximum absolute atomic E-state index is 12.7. The summed E-state index contributed by atoms with van der Waals surface area (Å²) in [6.07, 6.45) is -24.1. The van der Waals surface area contributed by atoms with Gasteiger partial charge in [-0.25, -0.2) is 0 Å². The Balaban J connectivity index is 0.985. The molecule has 23 nitrogen and oxygen atoms in total. The first-order valence-electron chi connectivity index (χ1n) is 27.9. The van der Waals surface area contributed by atoms with E-state index in [1.807, 2.05) is 0 Å². The molecule has 77 heavy (non-hydrogen) atoms. The van der Waals surface area contributed by atoms with Crippen molar-refractivity contribution in [3.05, 3.63) is 11.6 Å². The van der Waals surface area contributed by atoms with Crippen molar-refractivity contribution in [2.75, 3.05) is 26.4 Å². The summed E-state index contributed by atoms with van der Waals surface area (Å²) in [6, 6.07) is 0. The van der Waals surface area contributed by atoms with Crippen molar-refractivity contribution in [1.82, 2.24) is 0 Å². The zero-order valence-electron chi connectivity index (χ0n) is 45.8. The van der Waals surface area contributed by atoms with Crippen LogP contribution in [-0.4, -0.2) is 244 Å². The van der Waals surface area contributed by atoms with E-state index in [9.17, 15) is 76.6 Å². The summed E-state index contributed by atoms with van der Waals surface area (Å²) >= 11 is 0. The largest absolute Gasteiger partial charge is 0.394 e. The van der Waals surface area contributed by atoms with Crippen molar-refractivity contribution in [3.8, 4) is 0 Å². The molecule has 4 aliphatic heterocycles. The lowest BCUT2D eigenvalue weighted by molar-refractivity contribution is -0.379. The van der Waals surface area contributed by atoms with Gasteiger partial charge in [-0.2, -0.15) is 0 Å². The first-order valence-corrected chi connectivity index (χ1v) is 27.9. The average Bonchev–Trinajstić information content (AvgIpc) is 3.85. The molecule has 0 radical (unpaired) electrons. The number of rotatable bonds is 17. The Labute approximate surface area is 450 Å². The lowest BCUT2D eigenvalue weighted by Crippen LogP contribution is -2.65. The summed E-state index contributed by atoms with van der Waals surface area (Å²) in [6.45, 7) is 14.0. The van der Waals surface area contributed by atoms with Crippen LogP contribution in [0.15, 0.2) is 11.6 Å². The van der Waals surface area contributed by atoms with Gasteiger partial charge in [0.25, 0.3) is 0 Å². The fraction of sp³-hybridized carbons (Fsp3) is 0.963. The minimum absolute atomic E-state index is 0.0171. The number of allylic oxidation sites excluding steroid dienone is 1. The van der Waals surface area contributed by atoms with Crippen LogP contribution in [0.25, 0.3) is 0 Å². The summed E-state index contributed by atoms with van der Waals surface area (Å²) in [5.41, 5.74) is -1.99. The highest BCUT2D eigenvalue weighted by molar-refractivity contribution is 5.32. The predicted molar refractivity (Wildman–Crippen MR) is 266 cm³/mol. The number of ether oxygens (including phenoxy) is 8. The van der Waals surface area contributed by atoms with E-state index >= 15 is 0 Å². The molecule has 446 valence electrons. The molecule has 0 amide bonds. The molecule has 0 aromatic carbocycles. The monoisotopic (exact) mass is 1110 g/mol. The molecule has 0 aromatic rings. The van der Waals surface area contributed by atoms with Crippen molar-refractivity contribution < 1.29 is 114 Å². The van der Waals surface area contributed by atoms with Gasteiger partial charge in [-0.15, -0.1) is 0 Å². The molecule has 4 saturated heterocycles. The zero-order chi connectivity index (χ0) is 56.6. The van der Waals surface area contributed by atoms with Gasteiger partial charge >= 0.3 is 0 Å². The van der Waals surface area contributed by atoms with Crippen LogP contribution in [0.3, 0.4) is 0 Å². The van der Waals surface area contributed by atoms with E-state index in [0.717, 1.165) is 19.3 Å². The van der Waals surface area contributed by atoms with E-state index in [4.69, 9.17) is 37.9 Å². The van der Waals surface area contributed by atoms with Gasteiger partial charge in [-0.1, -0.05) is 53.2 Å². The zero-order valence-corrected chi connectivity index (χ0v) is 45.8. The fourth-order valence-electron chi connectivity index (χ4n) is 15.6. The second kappa shape index (κ2) is 23.5. The SMILES string of the molecule is C[C@H](CC[C@@H](O[C@@H]1O[C@H](CO[C@H]2O[C@H](CO)C[C@H](O)[C@H]2O)[C@@H](O)[C@H](O)[C@H]1O[C@H]1O[C@@H](CO)[C@H](O)[C@@H](O)[C@@H]1O)C(C)(C)O)C1CC[C@@]2(C)C3CC=C4C(CC[C@H](O[C@@H]5O[C@H](CO)[C@@H](O)[C@H](O)[C@H]5O)C4(C)C)[C@]3(C)[C@H](O)C[C@]12C. The Morgan fingerprint density at radius 2 is 1.22 bits per heavy atom.